The molecule has 2 heteroatoms. The van der Waals surface area contributed by atoms with Crippen molar-refractivity contribution < 1.29 is 4.79 Å². The maximum absolute atomic E-state index is 12.0. The van der Waals surface area contributed by atoms with Gasteiger partial charge in [-0.1, -0.05) is 60.2 Å². The van der Waals surface area contributed by atoms with Crippen LogP contribution in [0.3, 0.4) is 0 Å². The molecule has 2 rings (SSSR count). The van der Waals surface area contributed by atoms with Gasteiger partial charge in [0.15, 0.2) is 0 Å². The van der Waals surface area contributed by atoms with Crippen molar-refractivity contribution in [3.8, 4) is 0 Å². The Kier molecular flexibility index (Phi) is 5.56. The average molecular weight is 281 g/mol. The third-order valence-corrected chi connectivity index (χ3v) is 3.60. The zero-order valence-corrected chi connectivity index (χ0v) is 12.8. The van der Waals surface area contributed by atoms with Crippen molar-refractivity contribution in [3.05, 3.63) is 71.3 Å². The Balaban J connectivity index is 1.75. The second-order valence-corrected chi connectivity index (χ2v) is 5.66. The largest absolute Gasteiger partial charge is 0.353 e. The molecule has 21 heavy (non-hydrogen) atoms. The van der Waals surface area contributed by atoms with Crippen LogP contribution in [0, 0.1) is 6.92 Å². The molecule has 2 aromatic carbocycles. The van der Waals surface area contributed by atoms with Gasteiger partial charge in [-0.15, -0.1) is 0 Å². The van der Waals surface area contributed by atoms with Gasteiger partial charge < -0.3 is 5.32 Å². The van der Waals surface area contributed by atoms with Crippen LogP contribution in [0.4, 0.5) is 0 Å². The van der Waals surface area contributed by atoms with Crippen LogP contribution in [0.5, 0.6) is 0 Å². The number of hydrogen-bond acceptors (Lipinski definition) is 1. The first kappa shape index (κ1) is 15.3. The van der Waals surface area contributed by atoms with E-state index in [9.17, 15) is 4.79 Å². The van der Waals surface area contributed by atoms with Crippen LogP contribution in [0.1, 0.15) is 30.0 Å². The topological polar surface area (TPSA) is 29.1 Å². The Morgan fingerprint density at radius 3 is 2.33 bits per heavy atom. The fourth-order valence-electron chi connectivity index (χ4n) is 2.32. The summed E-state index contributed by atoms with van der Waals surface area (Å²) in [6, 6.07) is 18.7. The molecule has 0 spiro atoms. The van der Waals surface area contributed by atoms with Crippen molar-refractivity contribution in [1.82, 2.24) is 5.32 Å². The van der Waals surface area contributed by atoms with Crippen molar-refractivity contribution in [2.75, 3.05) is 0 Å². The monoisotopic (exact) mass is 281 g/mol. The number of benzene rings is 2. The summed E-state index contributed by atoms with van der Waals surface area (Å²) in [5.41, 5.74) is 3.60. The van der Waals surface area contributed by atoms with Crippen LogP contribution in [0.25, 0.3) is 0 Å². The van der Waals surface area contributed by atoms with Crippen molar-refractivity contribution in [3.63, 3.8) is 0 Å². The standard InChI is InChI=1S/C19H23NO/c1-15-8-11-18(12-9-15)14-19(21)20-16(2)10-13-17-6-4-3-5-7-17/h3-9,11-12,16H,10,13-14H2,1-2H3,(H,20,21)/t16-/m0/s1. The van der Waals surface area contributed by atoms with E-state index >= 15 is 0 Å². The number of amides is 1. The van der Waals surface area contributed by atoms with Crippen LogP contribution in [-0.4, -0.2) is 11.9 Å². The van der Waals surface area contributed by atoms with Gasteiger partial charge in [-0.3, -0.25) is 4.79 Å². The van der Waals surface area contributed by atoms with Gasteiger partial charge in [-0.25, -0.2) is 0 Å². The van der Waals surface area contributed by atoms with Crippen LogP contribution < -0.4 is 5.32 Å². The van der Waals surface area contributed by atoms with E-state index < -0.39 is 0 Å². The van der Waals surface area contributed by atoms with Gasteiger partial charge in [0.1, 0.15) is 0 Å². The molecule has 0 unspecified atom stereocenters. The minimum atomic E-state index is 0.0967. The van der Waals surface area contributed by atoms with E-state index in [0.717, 1.165) is 18.4 Å². The molecule has 2 aromatic rings. The zero-order chi connectivity index (χ0) is 15.1. The highest BCUT2D eigenvalue weighted by molar-refractivity contribution is 5.78. The van der Waals surface area contributed by atoms with Crippen LogP contribution in [0.15, 0.2) is 54.6 Å². The molecule has 0 radical (unpaired) electrons. The molecule has 0 aliphatic rings. The summed E-state index contributed by atoms with van der Waals surface area (Å²) in [6.07, 6.45) is 2.41. The summed E-state index contributed by atoms with van der Waals surface area (Å²) < 4.78 is 0. The number of aryl methyl sites for hydroxylation is 2. The molecule has 1 atom stereocenters. The Morgan fingerprint density at radius 2 is 1.67 bits per heavy atom. The smallest absolute Gasteiger partial charge is 0.224 e. The molecule has 0 aliphatic heterocycles. The molecule has 0 fully saturated rings. The van der Waals surface area contributed by atoms with Crippen LogP contribution >= 0.6 is 0 Å². The summed E-state index contributed by atoms with van der Waals surface area (Å²) in [5, 5.41) is 3.07. The molecule has 110 valence electrons. The van der Waals surface area contributed by atoms with E-state index in [-0.39, 0.29) is 11.9 Å². The SMILES string of the molecule is Cc1ccc(CC(=O)N[C@@H](C)CCc2ccccc2)cc1. The molecule has 0 aliphatic carbocycles. The first-order valence-corrected chi connectivity index (χ1v) is 7.52. The lowest BCUT2D eigenvalue weighted by Gasteiger charge is -2.14. The Bertz CT molecular complexity index is 560. The van der Waals surface area contributed by atoms with Crippen molar-refractivity contribution in [2.24, 2.45) is 0 Å². The molecule has 0 saturated carbocycles. The summed E-state index contributed by atoms with van der Waals surface area (Å²) in [6.45, 7) is 4.12. The van der Waals surface area contributed by atoms with Gasteiger partial charge in [-0.05, 0) is 37.8 Å². The molecule has 1 amide bonds. The molecule has 1 N–H and O–H groups in total. The van der Waals surface area contributed by atoms with Crippen LogP contribution in [0.2, 0.25) is 0 Å². The quantitative estimate of drug-likeness (QED) is 0.860. The Hall–Kier alpha value is -2.09. The number of hydrogen-bond donors (Lipinski definition) is 1. The number of nitrogens with one attached hydrogen (secondary N) is 1. The number of carbonyl (C=O) groups excluding carboxylic acids is 1. The Morgan fingerprint density at radius 1 is 1.00 bits per heavy atom. The molecular weight excluding hydrogens is 258 g/mol. The summed E-state index contributed by atoms with van der Waals surface area (Å²) in [7, 11) is 0. The fraction of sp³-hybridized carbons (Fsp3) is 0.316. The molecule has 2 nitrogen and oxygen atoms in total. The first-order chi connectivity index (χ1) is 10.1. The summed E-state index contributed by atoms with van der Waals surface area (Å²) >= 11 is 0. The highest BCUT2D eigenvalue weighted by atomic mass is 16.1. The van der Waals surface area contributed by atoms with Gasteiger partial charge in [0.2, 0.25) is 5.91 Å². The molecule has 0 aromatic heterocycles. The molecule has 0 saturated heterocycles. The van der Waals surface area contributed by atoms with Gasteiger partial charge in [0.25, 0.3) is 0 Å². The van der Waals surface area contributed by atoms with E-state index in [2.05, 4.69) is 43.4 Å². The van der Waals surface area contributed by atoms with Gasteiger partial charge >= 0.3 is 0 Å². The highest BCUT2D eigenvalue weighted by Crippen LogP contribution is 2.06. The first-order valence-electron chi connectivity index (χ1n) is 7.52. The van der Waals surface area contributed by atoms with E-state index in [0.29, 0.717) is 6.42 Å². The van der Waals surface area contributed by atoms with Gasteiger partial charge in [0.05, 0.1) is 6.42 Å². The number of carbonyl (C=O) groups is 1. The highest BCUT2D eigenvalue weighted by Gasteiger charge is 2.08. The summed E-state index contributed by atoms with van der Waals surface area (Å²) in [4.78, 5) is 12.0. The molecular formula is C19H23NO. The second kappa shape index (κ2) is 7.63. The average Bonchev–Trinajstić information content (AvgIpc) is 2.48. The maximum atomic E-state index is 12.0. The third kappa shape index (κ3) is 5.42. The van der Waals surface area contributed by atoms with Crippen molar-refractivity contribution in [2.45, 2.75) is 39.2 Å². The van der Waals surface area contributed by atoms with E-state index in [1.54, 1.807) is 0 Å². The minimum absolute atomic E-state index is 0.0967. The van der Waals surface area contributed by atoms with E-state index in [1.165, 1.54) is 11.1 Å². The molecule has 0 bridgehead atoms. The fourth-order valence-corrected chi connectivity index (χ4v) is 2.32. The lowest BCUT2D eigenvalue weighted by molar-refractivity contribution is -0.121. The maximum Gasteiger partial charge on any atom is 0.224 e. The van der Waals surface area contributed by atoms with Crippen molar-refractivity contribution in [1.29, 1.82) is 0 Å². The van der Waals surface area contributed by atoms with Gasteiger partial charge in [-0.2, -0.15) is 0 Å². The normalized spacial score (nSPS) is 11.9. The molecule has 0 heterocycles. The Labute approximate surface area is 127 Å². The van der Waals surface area contributed by atoms with Crippen LogP contribution in [-0.2, 0) is 17.6 Å². The lowest BCUT2D eigenvalue weighted by Crippen LogP contribution is -2.34. The lowest BCUT2D eigenvalue weighted by atomic mass is 10.1. The third-order valence-electron chi connectivity index (χ3n) is 3.60. The zero-order valence-electron chi connectivity index (χ0n) is 12.8. The summed E-state index contributed by atoms with van der Waals surface area (Å²) in [5.74, 6) is 0.0967. The predicted molar refractivity (Wildman–Crippen MR) is 87.3 cm³/mol. The minimum Gasteiger partial charge on any atom is -0.353 e. The number of rotatable bonds is 6. The van der Waals surface area contributed by atoms with Gasteiger partial charge in [0, 0.05) is 6.04 Å². The van der Waals surface area contributed by atoms with E-state index in [4.69, 9.17) is 0 Å². The van der Waals surface area contributed by atoms with E-state index in [1.807, 2.05) is 30.3 Å². The second-order valence-electron chi connectivity index (χ2n) is 5.66. The predicted octanol–water partition coefficient (Wildman–Crippen LogP) is 3.68. The van der Waals surface area contributed by atoms with Crippen molar-refractivity contribution >= 4 is 5.91 Å².